The van der Waals surface area contributed by atoms with Crippen LogP contribution in [-0.4, -0.2) is 37.2 Å². The molecule has 0 aromatic heterocycles. The molecule has 0 saturated carbocycles. The van der Waals surface area contributed by atoms with Crippen LogP contribution in [0.4, 0.5) is 0 Å². The number of nitrogens with one attached hydrogen (secondary N) is 1. The molecule has 2 N–H and O–H groups in total. The number of nitrogens with zero attached hydrogens (tertiary/aromatic N) is 1. The molecular formula is C18H20N2O4S. The number of hydrogen-bond acceptors (Lipinski definition) is 6. The quantitative estimate of drug-likeness (QED) is 0.559. The first kappa shape index (κ1) is 18.7. The van der Waals surface area contributed by atoms with Crippen molar-refractivity contribution in [3.05, 3.63) is 53.6 Å². The zero-order chi connectivity index (χ0) is 18.1. The topological polar surface area (TPSA) is 80.2 Å². The minimum atomic E-state index is -0.211. The maximum Gasteiger partial charge on any atom is 0.250 e. The number of carbonyl (C=O) groups is 1. The molecule has 2 rings (SSSR count). The number of para-hydroxylation sites is 1. The van der Waals surface area contributed by atoms with Gasteiger partial charge in [-0.3, -0.25) is 4.79 Å². The first-order chi connectivity index (χ1) is 12.1. The van der Waals surface area contributed by atoms with Gasteiger partial charge in [-0.25, -0.2) is 5.43 Å². The van der Waals surface area contributed by atoms with Gasteiger partial charge in [0.05, 0.1) is 26.2 Å². The van der Waals surface area contributed by atoms with Crippen LogP contribution >= 0.6 is 11.8 Å². The minimum Gasteiger partial charge on any atom is -0.504 e. The Hall–Kier alpha value is -2.67. The number of hydrazone groups is 1. The molecule has 25 heavy (non-hydrogen) atoms. The van der Waals surface area contributed by atoms with Gasteiger partial charge in [0.25, 0.3) is 0 Å². The molecule has 0 heterocycles. The summed E-state index contributed by atoms with van der Waals surface area (Å²) >= 11 is 1.49. The number of aromatic hydroxyl groups is 1. The fourth-order valence-electron chi connectivity index (χ4n) is 2.00. The van der Waals surface area contributed by atoms with E-state index in [0.717, 1.165) is 17.1 Å². The molecule has 7 heteroatoms. The average molecular weight is 360 g/mol. The summed E-state index contributed by atoms with van der Waals surface area (Å²) in [6.07, 6.45) is 1.38. The van der Waals surface area contributed by atoms with E-state index in [1.807, 2.05) is 24.3 Å². The molecule has 2 aromatic rings. The van der Waals surface area contributed by atoms with Crippen molar-refractivity contribution in [1.82, 2.24) is 5.43 Å². The molecule has 0 saturated heterocycles. The molecule has 132 valence electrons. The lowest BCUT2D eigenvalue weighted by Crippen LogP contribution is -2.19. The Labute approximate surface area is 150 Å². The van der Waals surface area contributed by atoms with E-state index in [1.54, 1.807) is 25.3 Å². The van der Waals surface area contributed by atoms with Gasteiger partial charge in [0, 0.05) is 11.3 Å². The molecule has 0 radical (unpaired) electrons. The number of rotatable bonds is 8. The van der Waals surface area contributed by atoms with Crippen molar-refractivity contribution < 1.29 is 19.4 Å². The van der Waals surface area contributed by atoms with Crippen LogP contribution in [0.15, 0.2) is 47.6 Å². The summed E-state index contributed by atoms with van der Waals surface area (Å²) in [6, 6.07) is 12.8. The maximum atomic E-state index is 11.8. The summed E-state index contributed by atoms with van der Waals surface area (Å²) in [6.45, 7) is 0. The molecule has 0 bridgehead atoms. The number of methoxy groups -OCH3 is 2. The number of hydrogen-bond donors (Lipinski definition) is 2. The molecule has 2 aromatic carbocycles. The van der Waals surface area contributed by atoms with E-state index in [-0.39, 0.29) is 17.4 Å². The zero-order valence-electron chi connectivity index (χ0n) is 14.1. The van der Waals surface area contributed by atoms with Gasteiger partial charge in [-0.15, -0.1) is 11.8 Å². The number of amides is 1. The third kappa shape index (κ3) is 5.72. The lowest BCUT2D eigenvalue weighted by Gasteiger charge is -2.05. The Balaban J connectivity index is 1.76. The largest absolute Gasteiger partial charge is 0.504 e. The van der Waals surface area contributed by atoms with Crippen molar-refractivity contribution in [2.45, 2.75) is 5.75 Å². The number of phenolic OH excluding ortho intramolecular Hbond substituents is 1. The van der Waals surface area contributed by atoms with Crippen molar-refractivity contribution in [3.63, 3.8) is 0 Å². The SMILES string of the molecule is COc1ccc(CSCC(=O)N/N=C\c2cccc(OC)c2O)cc1. The standard InChI is InChI=1S/C18H20N2O4S/c1-23-15-8-6-13(7-9-15)11-25-12-17(21)20-19-10-14-4-3-5-16(24-2)18(14)22/h3-10,22H,11-12H2,1-2H3,(H,20,21)/b19-10-. The van der Waals surface area contributed by atoms with Gasteiger partial charge in [-0.1, -0.05) is 18.2 Å². The van der Waals surface area contributed by atoms with Gasteiger partial charge in [-0.05, 0) is 29.8 Å². The highest BCUT2D eigenvalue weighted by molar-refractivity contribution is 7.99. The van der Waals surface area contributed by atoms with Crippen molar-refractivity contribution in [3.8, 4) is 17.2 Å². The number of benzene rings is 2. The Morgan fingerprint density at radius 3 is 2.64 bits per heavy atom. The molecule has 0 aliphatic carbocycles. The van der Waals surface area contributed by atoms with E-state index < -0.39 is 0 Å². The van der Waals surface area contributed by atoms with Gasteiger partial charge in [0.15, 0.2) is 11.5 Å². The van der Waals surface area contributed by atoms with E-state index >= 15 is 0 Å². The van der Waals surface area contributed by atoms with Crippen LogP contribution in [0.1, 0.15) is 11.1 Å². The van der Waals surface area contributed by atoms with Crippen LogP contribution in [0.3, 0.4) is 0 Å². The number of ether oxygens (including phenoxy) is 2. The summed E-state index contributed by atoms with van der Waals surface area (Å²) < 4.78 is 10.1. The van der Waals surface area contributed by atoms with Crippen molar-refractivity contribution >= 4 is 23.9 Å². The second-order valence-corrected chi connectivity index (χ2v) is 6.02. The smallest absolute Gasteiger partial charge is 0.250 e. The van der Waals surface area contributed by atoms with Gasteiger partial charge in [0.2, 0.25) is 5.91 Å². The summed E-state index contributed by atoms with van der Waals surface area (Å²) in [5, 5.41) is 13.8. The molecule has 0 spiro atoms. The van der Waals surface area contributed by atoms with Crippen LogP contribution in [0.2, 0.25) is 0 Å². The molecule has 0 aliphatic heterocycles. The van der Waals surface area contributed by atoms with E-state index in [4.69, 9.17) is 9.47 Å². The van der Waals surface area contributed by atoms with E-state index in [9.17, 15) is 9.90 Å². The van der Waals surface area contributed by atoms with Gasteiger partial charge < -0.3 is 14.6 Å². The van der Waals surface area contributed by atoms with Crippen molar-refractivity contribution in [2.24, 2.45) is 5.10 Å². The summed E-state index contributed by atoms with van der Waals surface area (Å²) in [4.78, 5) is 11.8. The second-order valence-electron chi connectivity index (χ2n) is 5.03. The summed E-state index contributed by atoms with van der Waals surface area (Å²) in [5.41, 5.74) is 4.02. The fraction of sp³-hybridized carbons (Fsp3) is 0.222. The van der Waals surface area contributed by atoms with E-state index in [2.05, 4.69) is 10.5 Å². The molecular weight excluding hydrogens is 340 g/mol. The lowest BCUT2D eigenvalue weighted by atomic mass is 10.2. The van der Waals surface area contributed by atoms with Crippen LogP contribution in [-0.2, 0) is 10.5 Å². The first-order valence-electron chi connectivity index (χ1n) is 7.52. The normalized spacial score (nSPS) is 10.6. The molecule has 0 fully saturated rings. The van der Waals surface area contributed by atoms with Crippen molar-refractivity contribution in [1.29, 1.82) is 0 Å². The fourth-order valence-corrected chi connectivity index (χ4v) is 2.78. The maximum absolute atomic E-state index is 11.8. The molecule has 0 atom stereocenters. The molecule has 0 unspecified atom stereocenters. The van der Waals surface area contributed by atoms with E-state index in [1.165, 1.54) is 25.1 Å². The highest BCUT2D eigenvalue weighted by Crippen LogP contribution is 2.27. The Morgan fingerprint density at radius 2 is 1.96 bits per heavy atom. The van der Waals surface area contributed by atoms with Crippen molar-refractivity contribution in [2.75, 3.05) is 20.0 Å². The highest BCUT2D eigenvalue weighted by Gasteiger charge is 2.05. The average Bonchev–Trinajstić information content (AvgIpc) is 2.64. The van der Waals surface area contributed by atoms with Crippen LogP contribution < -0.4 is 14.9 Å². The number of thioether (sulfide) groups is 1. The highest BCUT2D eigenvalue weighted by atomic mass is 32.2. The Bertz CT molecular complexity index is 732. The van der Waals surface area contributed by atoms with Crippen LogP contribution in [0.5, 0.6) is 17.2 Å². The van der Waals surface area contributed by atoms with Gasteiger partial charge in [0.1, 0.15) is 5.75 Å². The summed E-state index contributed by atoms with van der Waals surface area (Å²) in [7, 11) is 3.09. The third-order valence-electron chi connectivity index (χ3n) is 3.30. The monoisotopic (exact) mass is 360 g/mol. The zero-order valence-corrected chi connectivity index (χ0v) is 14.9. The summed E-state index contributed by atoms with van der Waals surface area (Å²) in [5.74, 6) is 1.94. The Kier molecular flexibility index (Phi) is 7.16. The molecule has 1 amide bonds. The van der Waals surface area contributed by atoms with Gasteiger partial charge >= 0.3 is 0 Å². The number of phenols is 1. The Morgan fingerprint density at radius 1 is 1.20 bits per heavy atom. The third-order valence-corrected chi connectivity index (χ3v) is 4.31. The number of carbonyl (C=O) groups excluding carboxylic acids is 1. The minimum absolute atomic E-state index is 0.0168. The predicted molar refractivity (Wildman–Crippen MR) is 99.6 cm³/mol. The molecule has 0 aliphatic rings. The predicted octanol–water partition coefficient (Wildman–Crippen LogP) is 2.79. The van der Waals surface area contributed by atoms with E-state index in [0.29, 0.717) is 11.3 Å². The lowest BCUT2D eigenvalue weighted by molar-refractivity contribution is -0.118. The van der Waals surface area contributed by atoms with Crippen LogP contribution in [0, 0.1) is 0 Å². The van der Waals surface area contributed by atoms with Gasteiger partial charge in [-0.2, -0.15) is 5.10 Å². The van der Waals surface area contributed by atoms with Crippen LogP contribution in [0.25, 0.3) is 0 Å². The first-order valence-corrected chi connectivity index (χ1v) is 8.68. The molecule has 6 nitrogen and oxygen atoms in total. The second kappa shape index (κ2) is 9.58.